The number of hydrogen-bond acceptors (Lipinski definition) is 3. The molecule has 2 aromatic carbocycles. The molecule has 4 nitrogen and oxygen atoms in total. The molecule has 3 rings (SSSR count). The van der Waals surface area contributed by atoms with E-state index in [1.807, 2.05) is 54.6 Å². The van der Waals surface area contributed by atoms with E-state index in [1.165, 1.54) is 6.42 Å². The van der Waals surface area contributed by atoms with Gasteiger partial charge in [-0.25, -0.2) is 0 Å². The maximum atomic E-state index is 12.4. The van der Waals surface area contributed by atoms with Crippen LogP contribution in [0.25, 0.3) is 0 Å². The normalized spacial score (nSPS) is 19.6. The van der Waals surface area contributed by atoms with Crippen molar-refractivity contribution in [3.8, 4) is 0 Å². The summed E-state index contributed by atoms with van der Waals surface area (Å²) in [5.74, 6) is -0.742. The number of carbonyl (C=O) groups excluding carboxylic acids is 2. The highest BCUT2D eigenvalue weighted by atomic mass is 32.2. The third-order valence-electron chi connectivity index (χ3n) is 4.74. The largest absolute Gasteiger partial charge is 0.345 e. The van der Waals surface area contributed by atoms with Crippen LogP contribution in [-0.2, 0) is 9.59 Å². The minimum atomic E-state index is -0.608. The number of carbonyl (C=O) groups is 2. The Kier molecular flexibility index (Phi) is 6.34. The SMILES string of the molecule is CC1CCCCC1NC(=O)C(=O)Nc1ccccc1Sc1ccccc1. The molecule has 1 fully saturated rings. The molecule has 2 amide bonds. The van der Waals surface area contributed by atoms with E-state index < -0.39 is 11.8 Å². The van der Waals surface area contributed by atoms with Crippen molar-refractivity contribution in [2.24, 2.45) is 5.92 Å². The van der Waals surface area contributed by atoms with Crippen LogP contribution in [0.3, 0.4) is 0 Å². The van der Waals surface area contributed by atoms with E-state index in [4.69, 9.17) is 0 Å². The Bertz CT molecular complexity index is 764. The Balaban J connectivity index is 1.64. The lowest BCUT2D eigenvalue weighted by Crippen LogP contribution is -2.45. The summed E-state index contributed by atoms with van der Waals surface area (Å²) >= 11 is 1.56. The summed E-state index contributed by atoms with van der Waals surface area (Å²) in [6.45, 7) is 2.13. The zero-order valence-corrected chi connectivity index (χ0v) is 15.7. The van der Waals surface area contributed by atoms with Crippen LogP contribution in [0.1, 0.15) is 32.6 Å². The summed E-state index contributed by atoms with van der Waals surface area (Å²) in [4.78, 5) is 26.7. The quantitative estimate of drug-likeness (QED) is 0.783. The first-order valence-corrected chi connectivity index (χ1v) is 9.89. The lowest BCUT2D eigenvalue weighted by molar-refractivity contribution is -0.137. The fourth-order valence-corrected chi connectivity index (χ4v) is 4.14. The van der Waals surface area contributed by atoms with Crippen molar-refractivity contribution in [1.29, 1.82) is 0 Å². The monoisotopic (exact) mass is 368 g/mol. The van der Waals surface area contributed by atoms with Gasteiger partial charge in [0, 0.05) is 15.8 Å². The topological polar surface area (TPSA) is 58.2 Å². The Labute approximate surface area is 158 Å². The predicted octanol–water partition coefficient (Wildman–Crippen LogP) is 4.47. The van der Waals surface area contributed by atoms with Crippen LogP contribution in [0.2, 0.25) is 0 Å². The van der Waals surface area contributed by atoms with Crippen LogP contribution in [0, 0.1) is 5.92 Å². The Morgan fingerprint density at radius 2 is 1.62 bits per heavy atom. The fraction of sp³-hybridized carbons (Fsp3) is 0.333. The van der Waals surface area contributed by atoms with E-state index in [0.29, 0.717) is 11.6 Å². The molecular formula is C21H24N2O2S. The van der Waals surface area contributed by atoms with Crippen molar-refractivity contribution in [3.05, 3.63) is 54.6 Å². The minimum absolute atomic E-state index is 0.0935. The highest BCUT2D eigenvalue weighted by molar-refractivity contribution is 7.99. The van der Waals surface area contributed by atoms with Gasteiger partial charge in [-0.3, -0.25) is 9.59 Å². The second-order valence-electron chi connectivity index (χ2n) is 6.71. The number of para-hydroxylation sites is 1. The van der Waals surface area contributed by atoms with Crippen molar-refractivity contribution < 1.29 is 9.59 Å². The molecule has 0 aliphatic heterocycles. The molecule has 1 aliphatic rings. The van der Waals surface area contributed by atoms with E-state index in [1.54, 1.807) is 11.8 Å². The number of benzene rings is 2. The molecule has 0 bridgehead atoms. The molecule has 2 N–H and O–H groups in total. The molecule has 0 radical (unpaired) electrons. The van der Waals surface area contributed by atoms with E-state index >= 15 is 0 Å². The summed E-state index contributed by atoms with van der Waals surface area (Å²) in [7, 11) is 0. The molecular weight excluding hydrogens is 344 g/mol. The van der Waals surface area contributed by atoms with Gasteiger partial charge in [0.2, 0.25) is 0 Å². The zero-order valence-electron chi connectivity index (χ0n) is 14.9. The van der Waals surface area contributed by atoms with Crippen LogP contribution in [0.15, 0.2) is 64.4 Å². The summed E-state index contributed by atoms with van der Waals surface area (Å²) in [5.41, 5.74) is 0.651. The second-order valence-corrected chi connectivity index (χ2v) is 7.82. The molecule has 0 aromatic heterocycles. The Morgan fingerprint density at radius 1 is 0.923 bits per heavy atom. The fourth-order valence-electron chi connectivity index (χ4n) is 3.22. The lowest BCUT2D eigenvalue weighted by atomic mass is 9.86. The minimum Gasteiger partial charge on any atom is -0.345 e. The van der Waals surface area contributed by atoms with Crippen LogP contribution >= 0.6 is 11.8 Å². The van der Waals surface area contributed by atoms with Crippen LogP contribution < -0.4 is 10.6 Å². The molecule has 2 atom stereocenters. The molecule has 2 unspecified atom stereocenters. The first-order chi connectivity index (χ1) is 12.6. The average molecular weight is 369 g/mol. The van der Waals surface area contributed by atoms with E-state index in [2.05, 4.69) is 17.6 Å². The molecule has 136 valence electrons. The van der Waals surface area contributed by atoms with E-state index in [9.17, 15) is 9.59 Å². The standard InChI is InChI=1S/C21H24N2O2S/c1-15-9-5-6-12-17(15)22-20(24)21(25)23-18-13-7-8-14-19(18)26-16-10-3-2-4-11-16/h2-4,7-8,10-11,13-15,17H,5-6,9,12H2,1H3,(H,22,24)(H,23,25). The van der Waals surface area contributed by atoms with Gasteiger partial charge < -0.3 is 10.6 Å². The molecule has 1 aliphatic carbocycles. The van der Waals surface area contributed by atoms with Crippen LogP contribution in [0.5, 0.6) is 0 Å². The van der Waals surface area contributed by atoms with Gasteiger partial charge in [-0.1, -0.05) is 61.9 Å². The molecule has 1 saturated carbocycles. The van der Waals surface area contributed by atoms with Gasteiger partial charge in [0.25, 0.3) is 0 Å². The van der Waals surface area contributed by atoms with Crippen molar-refractivity contribution in [2.45, 2.75) is 48.4 Å². The van der Waals surface area contributed by atoms with Gasteiger partial charge >= 0.3 is 11.8 Å². The number of rotatable bonds is 4. The molecule has 5 heteroatoms. The third kappa shape index (κ3) is 4.88. The molecule has 0 spiro atoms. The Hall–Kier alpha value is -2.27. The number of nitrogens with one attached hydrogen (secondary N) is 2. The number of hydrogen-bond donors (Lipinski definition) is 2. The van der Waals surface area contributed by atoms with Gasteiger partial charge in [-0.05, 0) is 43.0 Å². The number of anilines is 1. The molecule has 26 heavy (non-hydrogen) atoms. The third-order valence-corrected chi connectivity index (χ3v) is 5.82. The van der Waals surface area contributed by atoms with Crippen LogP contribution in [-0.4, -0.2) is 17.9 Å². The van der Waals surface area contributed by atoms with Gasteiger partial charge in [0.05, 0.1) is 5.69 Å². The predicted molar refractivity (Wildman–Crippen MR) is 105 cm³/mol. The lowest BCUT2D eigenvalue weighted by Gasteiger charge is -2.29. The number of amides is 2. The van der Waals surface area contributed by atoms with Gasteiger partial charge in [-0.15, -0.1) is 0 Å². The highest BCUT2D eigenvalue weighted by Crippen LogP contribution is 2.33. The van der Waals surface area contributed by atoms with Gasteiger partial charge in [-0.2, -0.15) is 0 Å². The summed E-state index contributed by atoms with van der Waals surface area (Å²) in [5, 5.41) is 5.66. The molecule has 0 heterocycles. The van der Waals surface area contributed by atoms with Crippen LogP contribution in [0.4, 0.5) is 5.69 Å². The van der Waals surface area contributed by atoms with Crippen molar-refractivity contribution in [2.75, 3.05) is 5.32 Å². The van der Waals surface area contributed by atoms with Crippen molar-refractivity contribution >= 4 is 29.3 Å². The van der Waals surface area contributed by atoms with E-state index in [-0.39, 0.29) is 6.04 Å². The zero-order chi connectivity index (χ0) is 18.4. The van der Waals surface area contributed by atoms with Crippen molar-refractivity contribution in [3.63, 3.8) is 0 Å². The summed E-state index contributed by atoms with van der Waals surface area (Å²) < 4.78 is 0. The van der Waals surface area contributed by atoms with E-state index in [0.717, 1.165) is 29.1 Å². The summed E-state index contributed by atoms with van der Waals surface area (Å²) in [6.07, 6.45) is 4.35. The first kappa shape index (κ1) is 18.5. The summed E-state index contributed by atoms with van der Waals surface area (Å²) in [6, 6.07) is 17.6. The smallest absolute Gasteiger partial charge is 0.313 e. The second kappa shape index (κ2) is 8.90. The van der Waals surface area contributed by atoms with Gasteiger partial charge in [0.15, 0.2) is 0 Å². The van der Waals surface area contributed by atoms with Crippen molar-refractivity contribution in [1.82, 2.24) is 5.32 Å². The molecule has 0 saturated heterocycles. The first-order valence-electron chi connectivity index (χ1n) is 9.07. The average Bonchev–Trinajstić information content (AvgIpc) is 2.66. The van der Waals surface area contributed by atoms with Gasteiger partial charge in [0.1, 0.15) is 0 Å². The molecule has 2 aromatic rings. The maximum absolute atomic E-state index is 12.4. The Morgan fingerprint density at radius 3 is 2.38 bits per heavy atom. The maximum Gasteiger partial charge on any atom is 0.313 e. The highest BCUT2D eigenvalue weighted by Gasteiger charge is 2.25.